The van der Waals surface area contributed by atoms with Gasteiger partial charge in [0.25, 0.3) is 5.91 Å². The highest BCUT2D eigenvalue weighted by Crippen LogP contribution is 2.26. The Morgan fingerprint density at radius 1 is 0.857 bits per heavy atom. The van der Waals surface area contributed by atoms with Gasteiger partial charge in [-0.15, -0.1) is 0 Å². The molecular weight excluding hydrogens is 354 g/mol. The number of carbonyl (C=O) groups is 1. The summed E-state index contributed by atoms with van der Waals surface area (Å²) in [5.41, 5.74) is 1.44. The fourth-order valence-corrected chi connectivity index (χ4v) is 2.70. The molecule has 0 aliphatic rings. The minimum Gasteiger partial charge on any atom is -0.497 e. The van der Waals surface area contributed by atoms with E-state index in [0.717, 1.165) is 17.1 Å². The monoisotopic (exact) mass is 377 g/mol. The Morgan fingerprint density at radius 3 is 2.07 bits per heavy atom. The van der Waals surface area contributed by atoms with Gasteiger partial charge in [0, 0.05) is 11.3 Å². The van der Waals surface area contributed by atoms with Crippen LogP contribution in [0.1, 0.15) is 18.6 Å². The summed E-state index contributed by atoms with van der Waals surface area (Å²) in [6, 6.07) is 23.8. The topological polar surface area (TPSA) is 56.8 Å². The van der Waals surface area contributed by atoms with Crippen LogP contribution in [0.3, 0.4) is 0 Å². The molecule has 0 heterocycles. The Labute approximate surface area is 164 Å². The molecule has 0 saturated carbocycles. The number of anilines is 1. The lowest BCUT2D eigenvalue weighted by molar-refractivity contribution is -0.123. The summed E-state index contributed by atoms with van der Waals surface area (Å²) >= 11 is 0. The maximum atomic E-state index is 13.0. The summed E-state index contributed by atoms with van der Waals surface area (Å²) in [6.45, 7) is 2.52. The Balaban J connectivity index is 1.78. The van der Waals surface area contributed by atoms with E-state index >= 15 is 0 Å². The van der Waals surface area contributed by atoms with Crippen molar-refractivity contribution < 1.29 is 19.0 Å². The average molecular weight is 377 g/mol. The summed E-state index contributed by atoms with van der Waals surface area (Å²) in [6.07, 6.45) is -0.791. The summed E-state index contributed by atoms with van der Waals surface area (Å²) in [5, 5.41) is 2.91. The van der Waals surface area contributed by atoms with Crippen LogP contribution >= 0.6 is 0 Å². The normalized spacial score (nSPS) is 11.4. The van der Waals surface area contributed by atoms with Crippen molar-refractivity contribution >= 4 is 11.6 Å². The van der Waals surface area contributed by atoms with Crippen LogP contribution in [0.15, 0.2) is 78.9 Å². The first-order chi connectivity index (χ1) is 13.7. The van der Waals surface area contributed by atoms with Crippen molar-refractivity contribution in [3.05, 3.63) is 84.4 Å². The van der Waals surface area contributed by atoms with Gasteiger partial charge >= 0.3 is 0 Å². The highest BCUT2D eigenvalue weighted by atomic mass is 16.5. The lowest BCUT2D eigenvalue weighted by Gasteiger charge is -2.19. The van der Waals surface area contributed by atoms with Crippen LogP contribution in [0.4, 0.5) is 5.69 Å². The van der Waals surface area contributed by atoms with Crippen molar-refractivity contribution in [1.29, 1.82) is 0 Å². The van der Waals surface area contributed by atoms with Gasteiger partial charge in [-0.3, -0.25) is 4.79 Å². The zero-order chi connectivity index (χ0) is 19.8. The third kappa shape index (κ3) is 5.04. The van der Waals surface area contributed by atoms with Gasteiger partial charge in [0.1, 0.15) is 17.2 Å². The van der Waals surface area contributed by atoms with E-state index in [9.17, 15) is 4.79 Å². The van der Waals surface area contributed by atoms with Crippen LogP contribution in [0.5, 0.6) is 17.2 Å². The number of methoxy groups -OCH3 is 1. The number of ether oxygens (including phenoxy) is 3. The lowest BCUT2D eigenvalue weighted by Crippen LogP contribution is -2.25. The van der Waals surface area contributed by atoms with Crippen molar-refractivity contribution in [2.45, 2.75) is 13.0 Å². The van der Waals surface area contributed by atoms with Crippen LogP contribution in [-0.2, 0) is 4.79 Å². The van der Waals surface area contributed by atoms with E-state index in [-0.39, 0.29) is 5.91 Å². The van der Waals surface area contributed by atoms with E-state index in [1.54, 1.807) is 43.5 Å². The first-order valence-electron chi connectivity index (χ1n) is 9.09. The number of hydrogen-bond acceptors (Lipinski definition) is 4. The molecule has 5 nitrogen and oxygen atoms in total. The van der Waals surface area contributed by atoms with E-state index in [1.165, 1.54) is 0 Å². The van der Waals surface area contributed by atoms with Crippen LogP contribution in [0, 0.1) is 0 Å². The van der Waals surface area contributed by atoms with E-state index in [2.05, 4.69) is 5.32 Å². The standard InChI is InChI=1S/C23H23NO4/c1-3-27-20-11-9-18(10-12-20)24-23(25)22(17-7-5-4-6-8-17)28-21-15-13-19(26-2)14-16-21/h4-16,22H,3H2,1-2H3,(H,24,25). The second-order valence-corrected chi connectivity index (χ2v) is 6.03. The van der Waals surface area contributed by atoms with Gasteiger partial charge < -0.3 is 19.5 Å². The number of carbonyl (C=O) groups excluding carboxylic acids is 1. The zero-order valence-electron chi connectivity index (χ0n) is 15.9. The zero-order valence-corrected chi connectivity index (χ0v) is 15.9. The molecule has 28 heavy (non-hydrogen) atoms. The third-order valence-corrected chi connectivity index (χ3v) is 4.09. The molecule has 3 aromatic rings. The molecule has 0 aliphatic heterocycles. The molecule has 5 heteroatoms. The summed E-state index contributed by atoms with van der Waals surface area (Å²) in [5.74, 6) is 1.81. The molecule has 0 spiro atoms. The van der Waals surface area contributed by atoms with Gasteiger partial charge in [0.15, 0.2) is 0 Å². The number of amides is 1. The fraction of sp³-hybridized carbons (Fsp3) is 0.174. The maximum absolute atomic E-state index is 13.0. The molecule has 0 aromatic heterocycles. The smallest absolute Gasteiger partial charge is 0.270 e. The first kappa shape index (κ1) is 19.3. The van der Waals surface area contributed by atoms with Crippen LogP contribution in [0.2, 0.25) is 0 Å². The lowest BCUT2D eigenvalue weighted by atomic mass is 10.1. The van der Waals surface area contributed by atoms with Crippen LogP contribution in [0.25, 0.3) is 0 Å². The molecule has 1 unspecified atom stereocenters. The van der Waals surface area contributed by atoms with E-state index in [0.29, 0.717) is 18.0 Å². The number of hydrogen-bond donors (Lipinski definition) is 1. The largest absolute Gasteiger partial charge is 0.497 e. The quantitative estimate of drug-likeness (QED) is 0.609. The molecule has 1 N–H and O–H groups in total. The van der Waals surface area contributed by atoms with Gasteiger partial charge in [-0.2, -0.15) is 0 Å². The molecule has 1 atom stereocenters. The predicted molar refractivity (Wildman–Crippen MR) is 109 cm³/mol. The van der Waals surface area contributed by atoms with Crippen molar-refractivity contribution in [1.82, 2.24) is 0 Å². The molecule has 144 valence electrons. The van der Waals surface area contributed by atoms with Gasteiger partial charge in [0.05, 0.1) is 13.7 Å². The summed E-state index contributed by atoms with van der Waals surface area (Å²) < 4.78 is 16.6. The van der Waals surface area contributed by atoms with Crippen molar-refractivity contribution in [2.24, 2.45) is 0 Å². The number of nitrogens with one attached hydrogen (secondary N) is 1. The molecule has 0 bridgehead atoms. The van der Waals surface area contributed by atoms with Gasteiger partial charge in [-0.25, -0.2) is 0 Å². The minimum absolute atomic E-state index is 0.258. The highest BCUT2D eigenvalue weighted by molar-refractivity contribution is 5.95. The summed E-state index contributed by atoms with van der Waals surface area (Å²) in [4.78, 5) is 13.0. The van der Waals surface area contributed by atoms with E-state index in [4.69, 9.17) is 14.2 Å². The minimum atomic E-state index is -0.791. The average Bonchev–Trinajstić information content (AvgIpc) is 2.74. The molecule has 1 amide bonds. The van der Waals surface area contributed by atoms with Crippen molar-refractivity contribution in [3.8, 4) is 17.2 Å². The summed E-state index contributed by atoms with van der Waals surface area (Å²) in [7, 11) is 1.60. The van der Waals surface area contributed by atoms with Crippen LogP contribution < -0.4 is 19.5 Å². The van der Waals surface area contributed by atoms with Crippen LogP contribution in [-0.4, -0.2) is 19.6 Å². The third-order valence-electron chi connectivity index (χ3n) is 4.09. The number of benzene rings is 3. The van der Waals surface area contributed by atoms with E-state index < -0.39 is 6.10 Å². The molecule has 0 saturated heterocycles. The highest BCUT2D eigenvalue weighted by Gasteiger charge is 2.23. The second kappa shape index (κ2) is 9.46. The van der Waals surface area contributed by atoms with Crippen molar-refractivity contribution in [2.75, 3.05) is 19.0 Å². The van der Waals surface area contributed by atoms with Gasteiger partial charge in [-0.1, -0.05) is 30.3 Å². The number of rotatable bonds is 8. The molecule has 3 rings (SSSR count). The fourth-order valence-electron chi connectivity index (χ4n) is 2.70. The predicted octanol–water partition coefficient (Wildman–Crippen LogP) is 4.85. The first-order valence-corrected chi connectivity index (χ1v) is 9.09. The Hall–Kier alpha value is -3.47. The Kier molecular flexibility index (Phi) is 6.52. The van der Waals surface area contributed by atoms with Gasteiger partial charge in [0.2, 0.25) is 6.10 Å². The molecule has 0 aliphatic carbocycles. The molecule has 3 aromatic carbocycles. The maximum Gasteiger partial charge on any atom is 0.270 e. The molecule has 0 radical (unpaired) electrons. The Morgan fingerprint density at radius 2 is 1.46 bits per heavy atom. The van der Waals surface area contributed by atoms with E-state index in [1.807, 2.05) is 49.4 Å². The van der Waals surface area contributed by atoms with Crippen molar-refractivity contribution in [3.63, 3.8) is 0 Å². The van der Waals surface area contributed by atoms with Gasteiger partial charge in [-0.05, 0) is 55.5 Å². The molecular formula is C23H23NO4. The SMILES string of the molecule is CCOc1ccc(NC(=O)C(Oc2ccc(OC)cc2)c2ccccc2)cc1. The molecule has 0 fully saturated rings. The second-order valence-electron chi connectivity index (χ2n) is 6.03. The Bertz CT molecular complexity index is 877.